The van der Waals surface area contributed by atoms with Crippen molar-refractivity contribution in [3.8, 4) is 0 Å². The van der Waals surface area contributed by atoms with Crippen molar-refractivity contribution in [2.45, 2.75) is 64.6 Å². The summed E-state index contributed by atoms with van der Waals surface area (Å²) >= 11 is 0. The van der Waals surface area contributed by atoms with Crippen molar-refractivity contribution in [1.82, 2.24) is 24.8 Å². The Balaban J connectivity index is 1.25. The lowest BCUT2D eigenvalue weighted by molar-refractivity contribution is 0.0543. The van der Waals surface area contributed by atoms with E-state index < -0.39 is 5.56 Å². The molecule has 2 saturated heterocycles. The van der Waals surface area contributed by atoms with Crippen LogP contribution in [0.1, 0.15) is 67.6 Å². The van der Waals surface area contributed by atoms with E-state index in [4.69, 9.17) is 9.72 Å². The van der Waals surface area contributed by atoms with Gasteiger partial charge >= 0.3 is 0 Å². The van der Waals surface area contributed by atoms with Crippen molar-refractivity contribution in [3.63, 3.8) is 0 Å². The van der Waals surface area contributed by atoms with Gasteiger partial charge in [-0.2, -0.15) is 4.98 Å². The number of carbonyl (C=O) groups excluding carboxylic acids is 1. The number of pyridine rings is 2. The first-order chi connectivity index (χ1) is 22.8. The SMILES string of the molecule is C[C@@H]1CN(c2ccc(Nc3ncc4cc(C(=O)C5CCOCC5)c(=O)n(Cc5ncccc5C5=CCCC5)c4n3)cc2F)C[C@H](C)N1. The van der Waals surface area contributed by atoms with Crippen molar-refractivity contribution in [1.29, 1.82) is 0 Å². The fourth-order valence-corrected chi connectivity index (χ4v) is 7.14. The number of fused-ring (bicyclic) bond motifs is 1. The molecule has 1 aliphatic carbocycles. The minimum absolute atomic E-state index is 0.125. The number of ketones is 1. The van der Waals surface area contributed by atoms with Gasteiger partial charge in [-0.3, -0.25) is 19.1 Å². The van der Waals surface area contributed by atoms with Gasteiger partial charge in [-0.05, 0) is 81.9 Å². The van der Waals surface area contributed by atoms with E-state index in [0.717, 1.165) is 30.5 Å². The molecule has 3 aromatic heterocycles. The number of allylic oxidation sites excluding steroid dienone is 2. The van der Waals surface area contributed by atoms with E-state index in [2.05, 4.69) is 45.4 Å². The molecule has 1 aromatic carbocycles. The van der Waals surface area contributed by atoms with E-state index >= 15 is 4.39 Å². The third-order valence-electron chi connectivity index (χ3n) is 9.37. The van der Waals surface area contributed by atoms with Crippen LogP contribution < -0.4 is 21.1 Å². The fourth-order valence-electron chi connectivity index (χ4n) is 7.14. The van der Waals surface area contributed by atoms with E-state index in [-0.39, 0.29) is 47.7 Å². The Labute approximate surface area is 273 Å². The number of carbonyl (C=O) groups is 1. The van der Waals surface area contributed by atoms with Gasteiger partial charge in [0.15, 0.2) is 5.78 Å². The number of hydrogen-bond donors (Lipinski definition) is 2. The first kappa shape index (κ1) is 31.1. The largest absolute Gasteiger partial charge is 0.381 e. The topological polar surface area (TPSA) is 114 Å². The average molecular weight is 638 g/mol. The summed E-state index contributed by atoms with van der Waals surface area (Å²) in [6, 6.07) is 11.1. The number of piperazine rings is 1. The summed E-state index contributed by atoms with van der Waals surface area (Å²) in [5, 5.41) is 7.16. The summed E-state index contributed by atoms with van der Waals surface area (Å²) in [7, 11) is 0. The van der Waals surface area contributed by atoms with Crippen LogP contribution in [0.25, 0.3) is 16.6 Å². The maximum Gasteiger partial charge on any atom is 0.263 e. The van der Waals surface area contributed by atoms with Crippen molar-refractivity contribution in [3.05, 3.63) is 87.9 Å². The van der Waals surface area contributed by atoms with Crippen LogP contribution in [-0.4, -0.2) is 63.7 Å². The van der Waals surface area contributed by atoms with Crippen LogP contribution in [0.4, 0.5) is 21.7 Å². The molecule has 3 aliphatic rings. The number of aromatic nitrogens is 4. The molecule has 0 unspecified atom stereocenters. The summed E-state index contributed by atoms with van der Waals surface area (Å²) in [5.74, 6) is -0.580. The smallest absolute Gasteiger partial charge is 0.263 e. The molecule has 2 aliphatic heterocycles. The molecule has 0 bridgehead atoms. The Morgan fingerprint density at radius 2 is 1.91 bits per heavy atom. The number of Topliss-reactive ketones (excluding diaryl/α,β-unsaturated/α-hetero) is 1. The molecular formula is C36H40FN7O3. The molecule has 7 rings (SSSR count). The minimum Gasteiger partial charge on any atom is -0.381 e. The summed E-state index contributed by atoms with van der Waals surface area (Å²) < 4.78 is 22.4. The Morgan fingerprint density at radius 3 is 2.66 bits per heavy atom. The van der Waals surface area contributed by atoms with Gasteiger partial charge in [0.25, 0.3) is 5.56 Å². The summed E-state index contributed by atoms with van der Waals surface area (Å²) in [4.78, 5) is 43.8. The predicted octanol–water partition coefficient (Wildman–Crippen LogP) is 5.48. The van der Waals surface area contributed by atoms with Gasteiger partial charge in [0.2, 0.25) is 5.95 Å². The normalized spacial score (nSPS) is 20.4. The second kappa shape index (κ2) is 13.3. The number of nitrogens with zero attached hydrogens (tertiary/aromatic N) is 5. The molecule has 2 atom stereocenters. The molecular weight excluding hydrogens is 597 g/mol. The van der Waals surface area contributed by atoms with Crippen molar-refractivity contribution < 1.29 is 13.9 Å². The zero-order valence-corrected chi connectivity index (χ0v) is 26.8. The highest BCUT2D eigenvalue weighted by atomic mass is 19.1. The van der Waals surface area contributed by atoms with Gasteiger partial charge in [0.05, 0.1) is 23.5 Å². The van der Waals surface area contributed by atoms with Crippen LogP contribution in [-0.2, 0) is 11.3 Å². The Morgan fingerprint density at radius 1 is 1.11 bits per heavy atom. The van der Waals surface area contributed by atoms with E-state index in [9.17, 15) is 9.59 Å². The highest BCUT2D eigenvalue weighted by Gasteiger charge is 2.28. The first-order valence-electron chi connectivity index (χ1n) is 16.6. The third kappa shape index (κ3) is 6.55. The highest BCUT2D eigenvalue weighted by Crippen LogP contribution is 2.30. The van der Waals surface area contributed by atoms with Crippen LogP contribution in [0.5, 0.6) is 0 Å². The van der Waals surface area contributed by atoms with Gasteiger partial charge in [0.1, 0.15) is 11.5 Å². The van der Waals surface area contributed by atoms with Crippen LogP contribution in [0, 0.1) is 11.7 Å². The fraction of sp³-hybridized carbons (Fsp3) is 0.417. The molecule has 10 nitrogen and oxygen atoms in total. The molecule has 47 heavy (non-hydrogen) atoms. The number of anilines is 3. The predicted molar refractivity (Wildman–Crippen MR) is 181 cm³/mol. The summed E-state index contributed by atoms with van der Waals surface area (Å²) in [5.41, 5.74) is 4.08. The standard InChI is InChI=1S/C36H40FN7O3/c1-22-19-43(20-23(2)40-22)32-10-9-27(17-30(32)37)41-36-39-18-26-16-29(33(45)25-11-14-47-15-12-25)35(46)44(34(26)42-36)21-31-28(8-5-13-38-31)24-6-3-4-7-24/h5-6,8-10,13,16-18,22-23,25,40H,3-4,7,11-12,14-15,19-21H2,1-2H3,(H,39,41,42)/t22-,23+. The highest BCUT2D eigenvalue weighted by molar-refractivity contribution is 6.00. The van der Waals surface area contributed by atoms with Gasteiger partial charge in [-0.25, -0.2) is 9.37 Å². The molecule has 244 valence electrons. The number of ether oxygens (including phenoxy) is 1. The third-order valence-corrected chi connectivity index (χ3v) is 9.37. The van der Waals surface area contributed by atoms with Crippen LogP contribution in [0.3, 0.4) is 0 Å². The zero-order valence-electron chi connectivity index (χ0n) is 26.8. The number of rotatable bonds is 8. The Hall–Kier alpha value is -4.48. The lowest BCUT2D eigenvalue weighted by atomic mass is 9.91. The van der Waals surface area contributed by atoms with E-state index in [0.29, 0.717) is 61.6 Å². The lowest BCUT2D eigenvalue weighted by Crippen LogP contribution is -2.54. The average Bonchev–Trinajstić information content (AvgIpc) is 3.61. The summed E-state index contributed by atoms with van der Waals surface area (Å²) in [6.07, 6.45) is 9.76. The molecule has 2 N–H and O–H groups in total. The van der Waals surface area contributed by atoms with Crippen molar-refractivity contribution in [2.24, 2.45) is 5.92 Å². The van der Waals surface area contributed by atoms with Crippen molar-refractivity contribution in [2.75, 3.05) is 36.5 Å². The molecule has 5 heterocycles. The number of halogens is 1. The molecule has 0 saturated carbocycles. The van der Waals surface area contributed by atoms with Crippen LogP contribution in [0.15, 0.2) is 59.7 Å². The second-order valence-electron chi connectivity index (χ2n) is 13.0. The summed E-state index contributed by atoms with van der Waals surface area (Å²) in [6.45, 7) is 6.76. The molecule has 11 heteroatoms. The molecule has 0 amide bonds. The van der Waals surface area contributed by atoms with E-state index in [1.54, 1.807) is 24.5 Å². The molecule has 0 spiro atoms. The van der Waals surface area contributed by atoms with E-state index in [1.807, 2.05) is 18.2 Å². The molecule has 0 radical (unpaired) electrons. The van der Waals surface area contributed by atoms with Gasteiger partial charge < -0.3 is 20.3 Å². The molecule has 2 fully saturated rings. The monoisotopic (exact) mass is 637 g/mol. The van der Waals surface area contributed by atoms with Crippen molar-refractivity contribution >= 4 is 39.7 Å². The van der Waals surface area contributed by atoms with Crippen LogP contribution >= 0.6 is 0 Å². The second-order valence-corrected chi connectivity index (χ2v) is 13.0. The Kier molecular flexibility index (Phi) is 8.83. The maximum absolute atomic E-state index is 15.4. The number of nitrogens with one attached hydrogen (secondary N) is 2. The number of hydrogen-bond acceptors (Lipinski definition) is 9. The first-order valence-corrected chi connectivity index (χ1v) is 16.6. The van der Waals surface area contributed by atoms with Gasteiger partial charge in [-0.1, -0.05) is 12.1 Å². The lowest BCUT2D eigenvalue weighted by Gasteiger charge is -2.37. The maximum atomic E-state index is 15.4. The molecule has 4 aromatic rings. The van der Waals surface area contributed by atoms with Gasteiger partial charge in [0, 0.05) is 73.3 Å². The minimum atomic E-state index is -0.412. The quantitative estimate of drug-likeness (QED) is 0.243. The Bertz CT molecular complexity index is 1890. The zero-order chi connectivity index (χ0) is 32.5. The number of benzene rings is 1. The van der Waals surface area contributed by atoms with E-state index in [1.165, 1.54) is 16.2 Å². The van der Waals surface area contributed by atoms with Crippen LogP contribution in [0.2, 0.25) is 0 Å². The van der Waals surface area contributed by atoms with Gasteiger partial charge in [-0.15, -0.1) is 0 Å².